The van der Waals surface area contributed by atoms with Crippen molar-refractivity contribution >= 4 is 16.8 Å². The first kappa shape index (κ1) is 11.9. The minimum atomic E-state index is 0.795. The predicted octanol–water partition coefficient (Wildman–Crippen LogP) is 2.76. The number of anilines is 1. The fourth-order valence-electron chi connectivity index (χ4n) is 1.87. The molecule has 0 atom stereocenters. The molecule has 4 heteroatoms. The van der Waals surface area contributed by atoms with Crippen molar-refractivity contribution in [2.24, 2.45) is 5.73 Å². The van der Waals surface area contributed by atoms with Gasteiger partial charge in [0.05, 0.1) is 11.6 Å². The van der Waals surface area contributed by atoms with E-state index in [1.807, 2.05) is 12.1 Å². The van der Waals surface area contributed by atoms with Crippen LogP contribution in [0, 0.1) is 0 Å². The molecular weight excluding hydrogens is 214 g/mol. The van der Waals surface area contributed by atoms with Crippen LogP contribution in [0.2, 0.25) is 0 Å². The van der Waals surface area contributed by atoms with Gasteiger partial charge in [-0.25, -0.2) is 4.98 Å². The molecule has 3 N–H and O–H groups in total. The lowest BCUT2D eigenvalue weighted by atomic mass is 10.2. The van der Waals surface area contributed by atoms with Crippen molar-refractivity contribution in [3.05, 3.63) is 24.6 Å². The maximum absolute atomic E-state index is 5.45. The van der Waals surface area contributed by atoms with Gasteiger partial charge in [-0.1, -0.05) is 12.8 Å². The van der Waals surface area contributed by atoms with Crippen LogP contribution in [0.1, 0.15) is 25.7 Å². The second-order valence-electron chi connectivity index (χ2n) is 4.12. The second-order valence-corrected chi connectivity index (χ2v) is 4.12. The normalized spacial score (nSPS) is 10.9. The summed E-state index contributed by atoms with van der Waals surface area (Å²) >= 11 is 0. The first-order valence-corrected chi connectivity index (χ1v) is 6.18. The van der Waals surface area contributed by atoms with E-state index in [4.69, 9.17) is 10.2 Å². The Morgan fingerprint density at radius 1 is 1.18 bits per heavy atom. The molecule has 0 saturated heterocycles. The summed E-state index contributed by atoms with van der Waals surface area (Å²) in [4.78, 5) is 4.32. The molecule has 0 unspecified atom stereocenters. The number of unbranched alkanes of at least 4 members (excludes halogenated alkanes) is 3. The fourth-order valence-corrected chi connectivity index (χ4v) is 1.87. The van der Waals surface area contributed by atoms with Crippen LogP contribution < -0.4 is 11.1 Å². The van der Waals surface area contributed by atoms with Crippen LogP contribution >= 0.6 is 0 Å². The van der Waals surface area contributed by atoms with E-state index in [2.05, 4.69) is 10.3 Å². The monoisotopic (exact) mass is 233 g/mol. The fraction of sp³-hybridized carbons (Fsp3) is 0.462. The molecule has 92 valence electrons. The van der Waals surface area contributed by atoms with Crippen molar-refractivity contribution in [1.82, 2.24) is 4.98 Å². The molecule has 2 aromatic heterocycles. The summed E-state index contributed by atoms with van der Waals surface area (Å²) in [7, 11) is 0. The van der Waals surface area contributed by atoms with Crippen LogP contribution in [-0.2, 0) is 0 Å². The Kier molecular flexibility index (Phi) is 4.38. The van der Waals surface area contributed by atoms with E-state index in [0.717, 1.165) is 42.7 Å². The largest absolute Gasteiger partial charge is 0.464 e. The van der Waals surface area contributed by atoms with Crippen molar-refractivity contribution in [2.45, 2.75) is 25.7 Å². The molecule has 0 spiro atoms. The number of rotatable bonds is 7. The first-order chi connectivity index (χ1) is 8.42. The molecule has 0 fully saturated rings. The van der Waals surface area contributed by atoms with E-state index in [1.54, 1.807) is 12.5 Å². The molecule has 17 heavy (non-hydrogen) atoms. The summed E-state index contributed by atoms with van der Waals surface area (Å²) in [5.74, 6) is 0.912. The number of nitrogens with zero attached hydrogens (tertiary/aromatic N) is 1. The molecule has 2 heterocycles. The topological polar surface area (TPSA) is 64.1 Å². The Bertz CT molecular complexity index is 453. The summed E-state index contributed by atoms with van der Waals surface area (Å²) < 4.78 is 5.32. The lowest BCUT2D eigenvalue weighted by Gasteiger charge is -2.05. The van der Waals surface area contributed by atoms with Gasteiger partial charge in [0.2, 0.25) is 0 Å². The molecular formula is C13H19N3O. The quantitative estimate of drug-likeness (QED) is 0.722. The summed E-state index contributed by atoms with van der Waals surface area (Å²) in [6.45, 7) is 1.74. The van der Waals surface area contributed by atoms with E-state index in [-0.39, 0.29) is 0 Å². The van der Waals surface area contributed by atoms with Crippen LogP contribution in [-0.4, -0.2) is 18.1 Å². The standard InChI is InChI=1S/C13H19N3O/c14-7-3-1-2-4-8-15-13-11-6-10-17-12(11)5-9-16-13/h5-6,9-10H,1-4,7-8,14H2,(H,15,16). The average molecular weight is 233 g/mol. The van der Waals surface area contributed by atoms with Gasteiger partial charge in [0.1, 0.15) is 11.4 Å². The average Bonchev–Trinajstić information content (AvgIpc) is 2.82. The van der Waals surface area contributed by atoms with Crippen LogP contribution in [0.3, 0.4) is 0 Å². The van der Waals surface area contributed by atoms with Crippen molar-refractivity contribution in [1.29, 1.82) is 0 Å². The number of aromatic nitrogens is 1. The molecule has 0 saturated carbocycles. The summed E-state index contributed by atoms with van der Waals surface area (Å²) in [6.07, 6.45) is 8.15. The maximum Gasteiger partial charge on any atom is 0.139 e. The van der Waals surface area contributed by atoms with Gasteiger partial charge < -0.3 is 15.5 Å². The lowest BCUT2D eigenvalue weighted by Crippen LogP contribution is -2.04. The number of pyridine rings is 1. The first-order valence-electron chi connectivity index (χ1n) is 6.18. The van der Waals surface area contributed by atoms with Gasteiger partial charge in [-0.15, -0.1) is 0 Å². The van der Waals surface area contributed by atoms with Gasteiger partial charge in [0, 0.05) is 12.7 Å². The molecule has 2 rings (SSSR count). The van der Waals surface area contributed by atoms with E-state index >= 15 is 0 Å². The highest BCUT2D eigenvalue weighted by molar-refractivity contribution is 5.87. The number of nitrogens with two attached hydrogens (primary N) is 1. The van der Waals surface area contributed by atoms with Crippen molar-refractivity contribution < 1.29 is 4.42 Å². The number of nitrogens with one attached hydrogen (secondary N) is 1. The minimum Gasteiger partial charge on any atom is -0.464 e. The van der Waals surface area contributed by atoms with Gasteiger partial charge in [0.15, 0.2) is 0 Å². The second kappa shape index (κ2) is 6.25. The number of hydrogen-bond donors (Lipinski definition) is 2. The zero-order valence-corrected chi connectivity index (χ0v) is 9.98. The van der Waals surface area contributed by atoms with Gasteiger partial charge in [-0.05, 0) is 31.5 Å². The Labute approximate surface area is 101 Å². The third-order valence-corrected chi connectivity index (χ3v) is 2.80. The van der Waals surface area contributed by atoms with Crippen molar-refractivity contribution in [3.63, 3.8) is 0 Å². The Hall–Kier alpha value is -1.55. The van der Waals surface area contributed by atoms with Crippen LogP contribution in [0.15, 0.2) is 29.0 Å². The number of hydrogen-bond acceptors (Lipinski definition) is 4. The Morgan fingerprint density at radius 2 is 2.06 bits per heavy atom. The van der Waals surface area contributed by atoms with Crippen LogP contribution in [0.5, 0.6) is 0 Å². The molecule has 0 aliphatic rings. The SMILES string of the molecule is NCCCCCCNc1nccc2occc12. The summed E-state index contributed by atoms with van der Waals surface area (Å²) in [6, 6.07) is 3.82. The molecule has 0 bridgehead atoms. The summed E-state index contributed by atoms with van der Waals surface area (Å²) in [5, 5.41) is 4.40. The molecule has 0 amide bonds. The number of fused-ring (bicyclic) bond motifs is 1. The van der Waals surface area contributed by atoms with Gasteiger partial charge in [0.25, 0.3) is 0 Å². The zero-order valence-electron chi connectivity index (χ0n) is 9.98. The highest BCUT2D eigenvalue weighted by Gasteiger charge is 2.03. The zero-order chi connectivity index (χ0) is 11.9. The third kappa shape index (κ3) is 3.20. The van der Waals surface area contributed by atoms with E-state index in [9.17, 15) is 0 Å². The van der Waals surface area contributed by atoms with Gasteiger partial charge in [-0.3, -0.25) is 0 Å². The Morgan fingerprint density at radius 3 is 2.94 bits per heavy atom. The van der Waals surface area contributed by atoms with Crippen molar-refractivity contribution in [3.8, 4) is 0 Å². The molecule has 2 aromatic rings. The van der Waals surface area contributed by atoms with Crippen molar-refractivity contribution in [2.75, 3.05) is 18.4 Å². The molecule has 0 aliphatic carbocycles. The van der Waals surface area contributed by atoms with E-state index in [0.29, 0.717) is 0 Å². The minimum absolute atomic E-state index is 0.795. The number of furan rings is 1. The Balaban J connectivity index is 1.80. The van der Waals surface area contributed by atoms with Gasteiger partial charge >= 0.3 is 0 Å². The van der Waals surface area contributed by atoms with Crippen LogP contribution in [0.25, 0.3) is 11.0 Å². The maximum atomic E-state index is 5.45. The van der Waals surface area contributed by atoms with E-state index < -0.39 is 0 Å². The molecule has 4 nitrogen and oxygen atoms in total. The molecule has 0 radical (unpaired) electrons. The third-order valence-electron chi connectivity index (χ3n) is 2.80. The predicted molar refractivity (Wildman–Crippen MR) is 70.0 cm³/mol. The highest BCUT2D eigenvalue weighted by atomic mass is 16.3. The van der Waals surface area contributed by atoms with Gasteiger partial charge in [-0.2, -0.15) is 0 Å². The summed E-state index contributed by atoms with van der Waals surface area (Å²) in [5.41, 5.74) is 6.33. The smallest absolute Gasteiger partial charge is 0.139 e. The lowest BCUT2D eigenvalue weighted by molar-refractivity contribution is 0.615. The van der Waals surface area contributed by atoms with E-state index in [1.165, 1.54) is 12.8 Å². The molecule has 0 aromatic carbocycles. The molecule has 0 aliphatic heterocycles. The van der Waals surface area contributed by atoms with Crippen LogP contribution in [0.4, 0.5) is 5.82 Å². The highest BCUT2D eigenvalue weighted by Crippen LogP contribution is 2.21.